The van der Waals surface area contributed by atoms with Crippen molar-refractivity contribution in [3.63, 3.8) is 0 Å². The summed E-state index contributed by atoms with van der Waals surface area (Å²) in [7, 11) is 0. The molecular formula is C26H26F2N2O4. The smallest absolute Gasteiger partial charge is 0.338 e. The van der Waals surface area contributed by atoms with Crippen LogP contribution in [0, 0.1) is 17.6 Å². The van der Waals surface area contributed by atoms with Crippen LogP contribution < -0.4 is 4.90 Å². The van der Waals surface area contributed by atoms with Gasteiger partial charge in [0.25, 0.3) is 11.8 Å². The second-order valence-corrected chi connectivity index (χ2v) is 8.52. The van der Waals surface area contributed by atoms with Gasteiger partial charge in [-0.1, -0.05) is 0 Å². The number of benzene rings is 2. The number of hydrogen-bond donors (Lipinski definition) is 0. The van der Waals surface area contributed by atoms with E-state index in [-0.39, 0.29) is 12.5 Å². The van der Waals surface area contributed by atoms with Gasteiger partial charge in [-0.05, 0) is 80.5 Å². The lowest BCUT2D eigenvalue weighted by molar-refractivity contribution is -0.121. The molecule has 0 unspecified atom stereocenters. The zero-order chi connectivity index (χ0) is 24.2. The Hall–Kier alpha value is -3.55. The number of imide groups is 1. The van der Waals surface area contributed by atoms with Crippen molar-refractivity contribution in [2.24, 2.45) is 5.92 Å². The first-order valence-corrected chi connectivity index (χ1v) is 11.4. The molecule has 0 radical (unpaired) electrons. The van der Waals surface area contributed by atoms with Gasteiger partial charge in [0.1, 0.15) is 17.3 Å². The standard InChI is InChI=1S/C26H26F2N2O4/c1-2-34-26(33)19-5-7-22(8-6-19)30-24(31)16-23(25(30)32)29-11-9-17(10-12-29)3-4-18-13-20(27)15-21(28)14-18/h5-8,13-17H,2-4,9-12H2,1H3. The number of hydrogen-bond acceptors (Lipinski definition) is 5. The summed E-state index contributed by atoms with van der Waals surface area (Å²) in [5.74, 6) is -2.02. The van der Waals surface area contributed by atoms with Gasteiger partial charge in [0, 0.05) is 25.2 Å². The monoisotopic (exact) mass is 468 g/mol. The van der Waals surface area contributed by atoms with Crippen LogP contribution in [0.2, 0.25) is 0 Å². The summed E-state index contributed by atoms with van der Waals surface area (Å²) in [6.45, 7) is 3.23. The van der Waals surface area contributed by atoms with E-state index in [1.807, 2.05) is 4.90 Å². The molecule has 0 aliphatic carbocycles. The normalized spacial score (nSPS) is 16.7. The number of aryl methyl sites for hydroxylation is 1. The topological polar surface area (TPSA) is 66.9 Å². The average Bonchev–Trinajstić information content (AvgIpc) is 3.11. The molecule has 2 aromatic rings. The van der Waals surface area contributed by atoms with Crippen molar-refractivity contribution in [1.82, 2.24) is 4.90 Å². The van der Waals surface area contributed by atoms with Crippen LogP contribution in [-0.4, -0.2) is 42.4 Å². The number of likely N-dealkylation sites (tertiary alicyclic amines) is 1. The molecule has 2 heterocycles. The van der Waals surface area contributed by atoms with E-state index in [2.05, 4.69) is 0 Å². The van der Waals surface area contributed by atoms with Gasteiger partial charge in [-0.25, -0.2) is 18.5 Å². The number of piperidine rings is 1. The number of anilines is 1. The van der Waals surface area contributed by atoms with Crippen molar-refractivity contribution in [3.05, 3.63) is 77.0 Å². The lowest BCUT2D eigenvalue weighted by atomic mass is 9.90. The Morgan fingerprint density at radius 1 is 1.03 bits per heavy atom. The first kappa shape index (κ1) is 23.6. The molecule has 6 nitrogen and oxygen atoms in total. The van der Waals surface area contributed by atoms with Gasteiger partial charge in [-0.15, -0.1) is 0 Å². The lowest BCUT2D eigenvalue weighted by Gasteiger charge is -2.33. The first-order chi connectivity index (χ1) is 16.4. The van der Waals surface area contributed by atoms with Crippen LogP contribution in [0.4, 0.5) is 14.5 Å². The Morgan fingerprint density at radius 2 is 1.68 bits per heavy atom. The van der Waals surface area contributed by atoms with E-state index in [0.717, 1.165) is 30.2 Å². The number of carbonyl (C=O) groups is 3. The molecule has 178 valence electrons. The van der Waals surface area contributed by atoms with Crippen LogP contribution >= 0.6 is 0 Å². The minimum Gasteiger partial charge on any atom is -0.462 e. The Balaban J connectivity index is 1.33. The third-order valence-electron chi connectivity index (χ3n) is 6.26. The molecule has 1 fully saturated rings. The highest BCUT2D eigenvalue weighted by molar-refractivity contribution is 6.30. The summed E-state index contributed by atoms with van der Waals surface area (Å²) in [6, 6.07) is 9.76. The average molecular weight is 469 g/mol. The molecule has 0 atom stereocenters. The van der Waals surface area contributed by atoms with E-state index >= 15 is 0 Å². The van der Waals surface area contributed by atoms with Crippen molar-refractivity contribution >= 4 is 23.5 Å². The van der Waals surface area contributed by atoms with Crippen LogP contribution in [0.15, 0.2) is 54.2 Å². The van der Waals surface area contributed by atoms with E-state index in [4.69, 9.17) is 4.74 Å². The number of esters is 1. The molecule has 2 amide bonds. The number of halogens is 2. The number of rotatable bonds is 7. The van der Waals surface area contributed by atoms with E-state index in [1.54, 1.807) is 19.1 Å². The fourth-order valence-corrected chi connectivity index (χ4v) is 4.48. The van der Waals surface area contributed by atoms with Gasteiger partial charge < -0.3 is 9.64 Å². The van der Waals surface area contributed by atoms with Crippen LogP contribution in [-0.2, 0) is 20.7 Å². The molecule has 0 aromatic heterocycles. The number of nitrogens with zero attached hydrogens (tertiary/aromatic N) is 2. The molecule has 0 bridgehead atoms. The summed E-state index contributed by atoms with van der Waals surface area (Å²) in [6.07, 6.45) is 4.41. The lowest BCUT2D eigenvalue weighted by Crippen LogP contribution is -2.39. The molecular weight excluding hydrogens is 442 g/mol. The predicted molar refractivity (Wildman–Crippen MR) is 122 cm³/mol. The van der Waals surface area contributed by atoms with Gasteiger partial charge in [0.2, 0.25) is 0 Å². The maximum atomic E-state index is 13.4. The molecule has 4 rings (SSSR count). The summed E-state index contributed by atoms with van der Waals surface area (Å²) in [5, 5.41) is 0. The summed E-state index contributed by atoms with van der Waals surface area (Å²) in [4.78, 5) is 40.5. The minimum absolute atomic E-state index is 0.261. The quantitative estimate of drug-likeness (QED) is 0.449. The Labute approximate surface area is 196 Å². The summed E-state index contributed by atoms with van der Waals surface area (Å²) >= 11 is 0. The predicted octanol–water partition coefficient (Wildman–Crippen LogP) is 4.24. The largest absolute Gasteiger partial charge is 0.462 e. The SMILES string of the molecule is CCOC(=O)c1ccc(N2C(=O)C=C(N3CCC(CCc4cc(F)cc(F)c4)CC3)C2=O)cc1. The van der Waals surface area contributed by atoms with Crippen LogP contribution in [0.5, 0.6) is 0 Å². The summed E-state index contributed by atoms with van der Waals surface area (Å²) < 4.78 is 31.7. The highest BCUT2D eigenvalue weighted by Crippen LogP contribution is 2.29. The molecule has 2 aliphatic rings. The van der Waals surface area contributed by atoms with Crippen molar-refractivity contribution in [2.75, 3.05) is 24.6 Å². The highest BCUT2D eigenvalue weighted by Gasteiger charge is 2.36. The molecule has 2 aliphatic heterocycles. The first-order valence-electron chi connectivity index (χ1n) is 11.4. The number of carbonyl (C=O) groups excluding carboxylic acids is 3. The van der Waals surface area contributed by atoms with E-state index in [9.17, 15) is 23.2 Å². The molecule has 0 N–H and O–H groups in total. The van der Waals surface area contributed by atoms with Gasteiger partial charge in [0.15, 0.2) is 0 Å². The van der Waals surface area contributed by atoms with Gasteiger partial charge in [-0.3, -0.25) is 9.59 Å². The van der Waals surface area contributed by atoms with Crippen molar-refractivity contribution in [3.8, 4) is 0 Å². The Bertz CT molecular complexity index is 1100. The second-order valence-electron chi connectivity index (χ2n) is 8.52. The molecule has 2 aromatic carbocycles. The number of ether oxygens (including phenoxy) is 1. The summed E-state index contributed by atoms with van der Waals surface area (Å²) in [5.41, 5.74) is 1.75. The number of amides is 2. The van der Waals surface area contributed by atoms with Crippen LogP contribution in [0.1, 0.15) is 42.1 Å². The third-order valence-corrected chi connectivity index (χ3v) is 6.26. The highest BCUT2D eigenvalue weighted by atomic mass is 19.1. The third kappa shape index (κ3) is 5.16. The zero-order valence-corrected chi connectivity index (χ0v) is 18.9. The van der Waals surface area contributed by atoms with Gasteiger partial charge in [-0.2, -0.15) is 0 Å². The van der Waals surface area contributed by atoms with Crippen LogP contribution in [0.3, 0.4) is 0 Å². The zero-order valence-electron chi connectivity index (χ0n) is 18.9. The van der Waals surface area contributed by atoms with E-state index < -0.39 is 23.5 Å². The van der Waals surface area contributed by atoms with Gasteiger partial charge in [0.05, 0.1) is 17.9 Å². The molecule has 0 saturated carbocycles. The van der Waals surface area contributed by atoms with Crippen molar-refractivity contribution in [2.45, 2.75) is 32.6 Å². The molecule has 8 heteroatoms. The molecule has 1 saturated heterocycles. The van der Waals surface area contributed by atoms with E-state index in [0.29, 0.717) is 47.9 Å². The Morgan fingerprint density at radius 3 is 2.29 bits per heavy atom. The molecule has 0 spiro atoms. The van der Waals surface area contributed by atoms with Gasteiger partial charge >= 0.3 is 5.97 Å². The van der Waals surface area contributed by atoms with Crippen LogP contribution in [0.25, 0.3) is 0 Å². The fourth-order valence-electron chi connectivity index (χ4n) is 4.48. The maximum Gasteiger partial charge on any atom is 0.338 e. The van der Waals surface area contributed by atoms with Crippen molar-refractivity contribution < 1.29 is 27.9 Å². The minimum atomic E-state index is -0.568. The fraction of sp³-hybridized carbons (Fsp3) is 0.346. The molecule has 34 heavy (non-hydrogen) atoms. The second kappa shape index (κ2) is 10.2. The van der Waals surface area contributed by atoms with E-state index in [1.165, 1.54) is 30.3 Å². The Kier molecular flexibility index (Phi) is 7.05. The maximum absolute atomic E-state index is 13.4. The van der Waals surface area contributed by atoms with Crippen molar-refractivity contribution in [1.29, 1.82) is 0 Å².